The van der Waals surface area contributed by atoms with Gasteiger partial charge in [0.2, 0.25) is 11.8 Å². The zero-order valence-corrected chi connectivity index (χ0v) is 23.0. The number of imidazole rings is 1. The molecule has 3 aromatic rings. The van der Waals surface area contributed by atoms with Crippen LogP contribution in [0.2, 0.25) is 0 Å². The molecule has 4 rings (SSSR count). The highest BCUT2D eigenvalue weighted by molar-refractivity contribution is 6.00. The monoisotopic (exact) mass is 545 g/mol. The number of H-pyrrole nitrogens is 1. The van der Waals surface area contributed by atoms with Crippen LogP contribution in [0.3, 0.4) is 0 Å². The first-order chi connectivity index (χ1) is 19.2. The van der Waals surface area contributed by atoms with E-state index in [4.69, 9.17) is 9.47 Å². The Bertz CT molecular complexity index is 1320. The number of hydrogen-bond donors (Lipinski definition) is 2. The number of cyclic esters (lactones) is 1. The molecule has 1 unspecified atom stereocenters. The Morgan fingerprint density at radius 3 is 2.70 bits per heavy atom. The normalized spacial score (nSPS) is 14.2. The summed E-state index contributed by atoms with van der Waals surface area (Å²) in [5, 5.41) is 2.96. The molecule has 2 heterocycles. The molecular formula is C30H35N5O5. The molecule has 210 valence electrons. The van der Waals surface area contributed by atoms with E-state index >= 15 is 0 Å². The van der Waals surface area contributed by atoms with Gasteiger partial charge < -0.3 is 29.6 Å². The standard InChI is InChI=1S/C30H35N5O5/c1-22-8-7-9-23(18-22)33-28(37)26(14-15-34-16-17-39-29(34)38)35(27(36)13-12-24-19-31-21-32-24)20-30(2,3)40-25-10-5-4-6-11-25/h4-13,18-19,21,26H,14-17,20H2,1-3H3,(H,31,32)(H,33,37)/b13-12+. The van der Waals surface area contributed by atoms with Crippen LogP contribution in [0, 0.1) is 6.92 Å². The molecule has 3 amide bonds. The molecule has 40 heavy (non-hydrogen) atoms. The third kappa shape index (κ3) is 7.95. The highest BCUT2D eigenvalue weighted by Gasteiger charge is 2.36. The van der Waals surface area contributed by atoms with Gasteiger partial charge in [0, 0.05) is 18.3 Å². The fraction of sp³-hybridized carbons (Fsp3) is 0.333. The first-order valence-corrected chi connectivity index (χ1v) is 13.2. The number of nitrogens with one attached hydrogen (secondary N) is 2. The summed E-state index contributed by atoms with van der Waals surface area (Å²) in [6.07, 6.45) is 5.91. The van der Waals surface area contributed by atoms with Crippen molar-refractivity contribution in [2.75, 3.05) is 31.6 Å². The number of aryl methyl sites for hydroxylation is 1. The zero-order chi connectivity index (χ0) is 28.5. The number of hydrogen-bond acceptors (Lipinski definition) is 6. The van der Waals surface area contributed by atoms with Crippen molar-refractivity contribution in [2.45, 2.75) is 38.8 Å². The fourth-order valence-electron chi connectivity index (χ4n) is 4.49. The third-order valence-electron chi connectivity index (χ3n) is 6.38. The van der Waals surface area contributed by atoms with E-state index in [1.807, 2.05) is 69.3 Å². The lowest BCUT2D eigenvalue weighted by molar-refractivity contribution is -0.137. The summed E-state index contributed by atoms with van der Waals surface area (Å²) in [5.41, 5.74) is 1.40. The average molecular weight is 546 g/mol. The van der Waals surface area contributed by atoms with E-state index in [2.05, 4.69) is 15.3 Å². The molecule has 1 aliphatic heterocycles. The van der Waals surface area contributed by atoms with Gasteiger partial charge in [-0.15, -0.1) is 0 Å². The second kappa shape index (κ2) is 13.0. The molecule has 10 nitrogen and oxygen atoms in total. The molecule has 1 aromatic heterocycles. The van der Waals surface area contributed by atoms with Crippen LogP contribution in [0.15, 0.2) is 73.2 Å². The molecule has 2 aromatic carbocycles. The molecule has 1 fully saturated rings. The van der Waals surface area contributed by atoms with Gasteiger partial charge in [0.1, 0.15) is 24.0 Å². The Morgan fingerprint density at radius 2 is 2.02 bits per heavy atom. The topological polar surface area (TPSA) is 117 Å². The number of amides is 3. The van der Waals surface area contributed by atoms with Crippen molar-refractivity contribution < 1.29 is 23.9 Å². The maximum absolute atomic E-state index is 13.8. The molecule has 0 spiro atoms. The summed E-state index contributed by atoms with van der Waals surface area (Å²) in [6, 6.07) is 15.9. The van der Waals surface area contributed by atoms with Crippen LogP contribution < -0.4 is 10.1 Å². The number of anilines is 1. The summed E-state index contributed by atoms with van der Waals surface area (Å²) < 4.78 is 11.3. The summed E-state index contributed by atoms with van der Waals surface area (Å²) >= 11 is 0. The van der Waals surface area contributed by atoms with Gasteiger partial charge in [-0.1, -0.05) is 30.3 Å². The van der Waals surface area contributed by atoms with Crippen molar-refractivity contribution in [3.63, 3.8) is 0 Å². The quantitative estimate of drug-likeness (QED) is 0.329. The van der Waals surface area contributed by atoms with Crippen molar-refractivity contribution in [3.8, 4) is 5.75 Å². The maximum atomic E-state index is 13.8. The number of ether oxygens (including phenoxy) is 2. The number of nitrogens with zero attached hydrogens (tertiary/aromatic N) is 3. The molecule has 1 atom stereocenters. The molecule has 2 N–H and O–H groups in total. The Labute approximate surface area is 234 Å². The van der Waals surface area contributed by atoms with Crippen molar-refractivity contribution in [3.05, 3.63) is 84.5 Å². The second-order valence-electron chi connectivity index (χ2n) is 10.2. The lowest BCUT2D eigenvalue weighted by Gasteiger charge is -2.37. The molecule has 0 radical (unpaired) electrons. The number of rotatable bonds is 12. The Morgan fingerprint density at radius 1 is 1.23 bits per heavy atom. The van der Waals surface area contributed by atoms with Crippen molar-refractivity contribution in [1.29, 1.82) is 0 Å². The van der Waals surface area contributed by atoms with Gasteiger partial charge in [0.05, 0.1) is 31.3 Å². The summed E-state index contributed by atoms with van der Waals surface area (Å²) in [5.74, 6) is -0.0989. The van der Waals surface area contributed by atoms with Crippen LogP contribution in [0.5, 0.6) is 5.75 Å². The van der Waals surface area contributed by atoms with E-state index in [0.29, 0.717) is 30.3 Å². The third-order valence-corrected chi connectivity index (χ3v) is 6.38. The average Bonchev–Trinajstić information content (AvgIpc) is 3.59. The highest BCUT2D eigenvalue weighted by Crippen LogP contribution is 2.23. The Balaban J connectivity index is 1.64. The first-order valence-electron chi connectivity index (χ1n) is 13.2. The fourth-order valence-corrected chi connectivity index (χ4v) is 4.49. The predicted octanol–water partition coefficient (Wildman–Crippen LogP) is 4.27. The zero-order valence-electron chi connectivity index (χ0n) is 23.0. The number of carbonyl (C=O) groups is 3. The van der Waals surface area contributed by atoms with Gasteiger partial charge in [-0.3, -0.25) is 9.59 Å². The minimum Gasteiger partial charge on any atom is -0.486 e. The predicted molar refractivity (Wildman–Crippen MR) is 152 cm³/mol. The number of carbonyl (C=O) groups excluding carboxylic acids is 3. The highest BCUT2D eigenvalue weighted by atomic mass is 16.6. The molecule has 0 bridgehead atoms. The second-order valence-corrected chi connectivity index (χ2v) is 10.2. The van der Waals surface area contributed by atoms with E-state index < -0.39 is 17.7 Å². The van der Waals surface area contributed by atoms with Crippen LogP contribution in [0.25, 0.3) is 6.08 Å². The molecule has 1 saturated heterocycles. The van der Waals surface area contributed by atoms with E-state index in [-0.39, 0.29) is 31.3 Å². The van der Waals surface area contributed by atoms with Gasteiger partial charge in [-0.2, -0.15) is 0 Å². The Kier molecular flexibility index (Phi) is 9.21. The molecule has 1 aliphatic rings. The lowest BCUT2D eigenvalue weighted by atomic mass is 10.0. The Hall–Kier alpha value is -4.60. The van der Waals surface area contributed by atoms with Gasteiger partial charge in [0.25, 0.3) is 0 Å². The van der Waals surface area contributed by atoms with Crippen LogP contribution >= 0.6 is 0 Å². The largest absolute Gasteiger partial charge is 0.486 e. The first kappa shape index (κ1) is 28.4. The number of aromatic nitrogens is 2. The lowest BCUT2D eigenvalue weighted by Crippen LogP contribution is -2.54. The molecule has 0 aliphatic carbocycles. The summed E-state index contributed by atoms with van der Waals surface area (Å²) in [6.45, 7) is 6.75. The van der Waals surface area contributed by atoms with Gasteiger partial charge in [-0.25, -0.2) is 9.78 Å². The number of aromatic amines is 1. The summed E-state index contributed by atoms with van der Waals surface area (Å²) in [7, 11) is 0. The van der Waals surface area contributed by atoms with Gasteiger partial charge >= 0.3 is 6.09 Å². The molecule has 0 saturated carbocycles. The van der Waals surface area contributed by atoms with Crippen molar-refractivity contribution >= 4 is 29.7 Å². The van der Waals surface area contributed by atoms with E-state index in [1.54, 1.807) is 23.2 Å². The smallest absolute Gasteiger partial charge is 0.409 e. The van der Waals surface area contributed by atoms with Crippen LogP contribution in [-0.4, -0.2) is 75.6 Å². The van der Waals surface area contributed by atoms with E-state index in [1.165, 1.54) is 17.3 Å². The van der Waals surface area contributed by atoms with Crippen LogP contribution in [0.1, 0.15) is 31.5 Å². The number of benzene rings is 2. The number of para-hydroxylation sites is 1. The minimum atomic E-state index is -0.911. The minimum absolute atomic E-state index is 0.102. The van der Waals surface area contributed by atoms with Crippen molar-refractivity contribution in [1.82, 2.24) is 19.8 Å². The van der Waals surface area contributed by atoms with Crippen molar-refractivity contribution in [2.24, 2.45) is 0 Å². The van der Waals surface area contributed by atoms with E-state index in [0.717, 1.165) is 5.56 Å². The SMILES string of the molecule is Cc1cccc(NC(=O)C(CCN2CCOC2=O)N(CC(C)(C)Oc2ccccc2)C(=O)/C=C/c2cnc[nH]2)c1. The van der Waals surface area contributed by atoms with Gasteiger partial charge in [-0.05, 0) is 63.1 Å². The van der Waals surface area contributed by atoms with E-state index in [9.17, 15) is 14.4 Å². The summed E-state index contributed by atoms with van der Waals surface area (Å²) in [4.78, 5) is 49.7. The maximum Gasteiger partial charge on any atom is 0.409 e. The van der Waals surface area contributed by atoms with Crippen LogP contribution in [0.4, 0.5) is 10.5 Å². The van der Waals surface area contributed by atoms with Gasteiger partial charge in [0.15, 0.2) is 0 Å². The molecular weight excluding hydrogens is 510 g/mol. The van der Waals surface area contributed by atoms with Crippen LogP contribution in [-0.2, 0) is 14.3 Å². The molecule has 10 heteroatoms.